The summed E-state index contributed by atoms with van der Waals surface area (Å²) in [4.78, 5) is 18.7. The predicted molar refractivity (Wildman–Crippen MR) is 96.5 cm³/mol. The van der Waals surface area contributed by atoms with Gasteiger partial charge in [-0.1, -0.05) is 35.6 Å². The van der Waals surface area contributed by atoms with Crippen LogP contribution in [0.1, 0.15) is 30.0 Å². The summed E-state index contributed by atoms with van der Waals surface area (Å²) in [6.45, 7) is 0. The number of nitrogens with zero attached hydrogens (tertiary/aromatic N) is 3. The minimum atomic E-state index is -0.0529. The molecule has 1 atom stereocenters. The van der Waals surface area contributed by atoms with Crippen LogP contribution in [0, 0.1) is 5.92 Å². The SMILES string of the molecule is O=c1/c(=C\C2CC=CCC2)sc2nc(/C=C/c3cccs3)nn12. The van der Waals surface area contributed by atoms with Gasteiger partial charge in [-0.05, 0) is 48.8 Å². The summed E-state index contributed by atoms with van der Waals surface area (Å²) in [5, 5.41) is 6.34. The molecule has 3 heterocycles. The van der Waals surface area contributed by atoms with Crippen molar-refractivity contribution in [2.24, 2.45) is 5.92 Å². The summed E-state index contributed by atoms with van der Waals surface area (Å²) in [5.74, 6) is 1.03. The number of allylic oxidation sites excluding steroid dienone is 2. The van der Waals surface area contributed by atoms with Crippen molar-refractivity contribution in [1.29, 1.82) is 0 Å². The lowest BCUT2D eigenvalue weighted by atomic mass is 9.94. The van der Waals surface area contributed by atoms with Crippen LogP contribution in [0.15, 0.2) is 34.5 Å². The van der Waals surface area contributed by atoms with Crippen molar-refractivity contribution in [3.05, 3.63) is 55.3 Å². The van der Waals surface area contributed by atoms with Crippen molar-refractivity contribution in [2.45, 2.75) is 19.3 Å². The third kappa shape index (κ3) is 3.04. The standard InChI is InChI=1S/C17H15N3OS2/c21-16-14(11-12-5-2-1-3-6-12)23-17-18-15(19-20(16)17)9-8-13-7-4-10-22-13/h1-2,4,7-12H,3,5-6H2/b9-8+,14-11+. The van der Waals surface area contributed by atoms with Crippen LogP contribution in [-0.2, 0) is 0 Å². The highest BCUT2D eigenvalue weighted by Gasteiger charge is 2.12. The molecule has 0 fully saturated rings. The summed E-state index contributed by atoms with van der Waals surface area (Å²) in [5.41, 5.74) is -0.0529. The number of rotatable bonds is 3. The minimum Gasteiger partial charge on any atom is -0.266 e. The summed E-state index contributed by atoms with van der Waals surface area (Å²) < 4.78 is 2.18. The number of hydrogen-bond donors (Lipinski definition) is 0. The van der Waals surface area contributed by atoms with E-state index in [0.29, 0.717) is 16.7 Å². The molecule has 0 amide bonds. The molecule has 0 N–H and O–H groups in total. The van der Waals surface area contributed by atoms with Crippen molar-refractivity contribution in [1.82, 2.24) is 14.6 Å². The lowest BCUT2D eigenvalue weighted by Gasteiger charge is -2.11. The van der Waals surface area contributed by atoms with Gasteiger partial charge >= 0.3 is 0 Å². The van der Waals surface area contributed by atoms with Crippen LogP contribution < -0.4 is 10.1 Å². The number of thiazole rings is 1. The molecule has 4 rings (SSSR count). The van der Waals surface area contributed by atoms with E-state index in [1.165, 1.54) is 15.9 Å². The third-order valence-corrected chi connectivity index (χ3v) is 5.65. The first-order valence-corrected chi connectivity index (χ1v) is 9.27. The van der Waals surface area contributed by atoms with Gasteiger partial charge in [-0.2, -0.15) is 9.50 Å². The highest BCUT2D eigenvalue weighted by Crippen LogP contribution is 2.19. The molecule has 0 aromatic carbocycles. The molecule has 116 valence electrons. The average molecular weight is 341 g/mol. The molecule has 0 radical (unpaired) electrons. The Hall–Kier alpha value is -2.05. The smallest absolute Gasteiger partial charge is 0.266 e. The summed E-state index contributed by atoms with van der Waals surface area (Å²) in [6, 6.07) is 4.03. The zero-order valence-corrected chi connectivity index (χ0v) is 14.0. The topological polar surface area (TPSA) is 47.3 Å². The van der Waals surface area contributed by atoms with Gasteiger partial charge in [-0.15, -0.1) is 16.4 Å². The van der Waals surface area contributed by atoms with Gasteiger partial charge in [0.2, 0.25) is 4.96 Å². The van der Waals surface area contributed by atoms with Gasteiger partial charge in [0.1, 0.15) is 0 Å². The van der Waals surface area contributed by atoms with Gasteiger partial charge in [0, 0.05) is 4.88 Å². The Morgan fingerprint density at radius 2 is 2.26 bits per heavy atom. The molecule has 4 nitrogen and oxygen atoms in total. The van der Waals surface area contributed by atoms with Crippen molar-refractivity contribution in [2.75, 3.05) is 0 Å². The van der Waals surface area contributed by atoms with E-state index in [9.17, 15) is 4.79 Å². The van der Waals surface area contributed by atoms with E-state index < -0.39 is 0 Å². The van der Waals surface area contributed by atoms with Gasteiger partial charge in [0.05, 0.1) is 4.53 Å². The molecule has 3 aromatic heterocycles. The first-order valence-electron chi connectivity index (χ1n) is 7.57. The zero-order chi connectivity index (χ0) is 15.6. The van der Waals surface area contributed by atoms with E-state index in [4.69, 9.17) is 0 Å². The molecular weight excluding hydrogens is 326 g/mol. The molecule has 0 aliphatic heterocycles. The van der Waals surface area contributed by atoms with Gasteiger partial charge in [0.25, 0.3) is 5.56 Å². The minimum absolute atomic E-state index is 0.0529. The second kappa shape index (κ2) is 6.22. The van der Waals surface area contributed by atoms with Crippen LogP contribution in [0.3, 0.4) is 0 Å². The van der Waals surface area contributed by atoms with Crippen LogP contribution in [0.5, 0.6) is 0 Å². The fourth-order valence-electron chi connectivity index (χ4n) is 2.66. The number of hydrogen-bond acceptors (Lipinski definition) is 5. The molecule has 0 spiro atoms. The van der Waals surface area contributed by atoms with Gasteiger partial charge in [-0.25, -0.2) is 0 Å². The van der Waals surface area contributed by atoms with Crippen LogP contribution >= 0.6 is 22.7 Å². The quantitative estimate of drug-likeness (QED) is 0.687. The Balaban J connectivity index is 1.65. The second-order valence-corrected chi connectivity index (χ2v) is 7.48. The van der Waals surface area contributed by atoms with Gasteiger partial charge < -0.3 is 0 Å². The number of aromatic nitrogens is 3. The molecule has 1 aliphatic rings. The Labute approximate surface area is 141 Å². The molecule has 23 heavy (non-hydrogen) atoms. The highest BCUT2D eigenvalue weighted by molar-refractivity contribution is 7.15. The van der Waals surface area contributed by atoms with Crippen LogP contribution in [0.25, 0.3) is 23.2 Å². The Kier molecular flexibility index (Phi) is 3.93. The molecule has 1 aliphatic carbocycles. The molecule has 0 bridgehead atoms. The largest absolute Gasteiger partial charge is 0.290 e. The summed E-state index contributed by atoms with van der Waals surface area (Å²) in [7, 11) is 0. The monoisotopic (exact) mass is 341 g/mol. The molecule has 1 unspecified atom stereocenters. The Bertz CT molecular complexity index is 979. The lowest BCUT2D eigenvalue weighted by Crippen LogP contribution is -2.25. The van der Waals surface area contributed by atoms with E-state index in [2.05, 4.69) is 28.3 Å². The van der Waals surface area contributed by atoms with Crippen molar-refractivity contribution < 1.29 is 0 Å². The van der Waals surface area contributed by atoms with Crippen molar-refractivity contribution in [3.63, 3.8) is 0 Å². The van der Waals surface area contributed by atoms with Crippen LogP contribution in [-0.4, -0.2) is 14.6 Å². The van der Waals surface area contributed by atoms with E-state index >= 15 is 0 Å². The second-order valence-electron chi connectivity index (χ2n) is 5.50. The first kappa shape index (κ1) is 14.5. The molecule has 6 heteroatoms. The average Bonchev–Trinajstić information content (AvgIpc) is 3.26. The maximum atomic E-state index is 12.4. The van der Waals surface area contributed by atoms with Crippen LogP contribution in [0.2, 0.25) is 0 Å². The van der Waals surface area contributed by atoms with Crippen LogP contribution in [0.4, 0.5) is 0 Å². The van der Waals surface area contributed by atoms with Gasteiger partial charge in [-0.3, -0.25) is 4.79 Å². The fourth-order valence-corrected chi connectivity index (χ4v) is 4.26. The normalized spacial score (nSPS) is 19.3. The predicted octanol–water partition coefficient (Wildman–Crippen LogP) is 3.24. The van der Waals surface area contributed by atoms with E-state index in [1.54, 1.807) is 11.3 Å². The number of thiophene rings is 1. The van der Waals surface area contributed by atoms with E-state index in [1.807, 2.05) is 29.7 Å². The molecule has 3 aromatic rings. The van der Waals surface area contributed by atoms with E-state index in [-0.39, 0.29) is 5.56 Å². The lowest BCUT2D eigenvalue weighted by molar-refractivity contribution is 0.612. The van der Waals surface area contributed by atoms with Gasteiger partial charge in [0.15, 0.2) is 5.82 Å². The van der Waals surface area contributed by atoms with E-state index in [0.717, 1.165) is 28.7 Å². The maximum Gasteiger partial charge on any atom is 0.290 e. The highest BCUT2D eigenvalue weighted by atomic mass is 32.1. The summed E-state index contributed by atoms with van der Waals surface area (Å²) in [6.07, 6.45) is 13.5. The van der Waals surface area contributed by atoms with Crippen molar-refractivity contribution in [3.8, 4) is 0 Å². The summed E-state index contributed by atoms with van der Waals surface area (Å²) >= 11 is 3.08. The molecule has 0 saturated carbocycles. The number of fused-ring (bicyclic) bond motifs is 1. The molecule has 0 saturated heterocycles. The maximum absolute atomic E-state index is 12.4. The Morgan fingerprint density at radius 3 is 3.00 bits per heavy atom. The van der Waals surface area contributed by atoms with Crippen molar-refractivity contribution >= 4 is 45.9 Å². The first-order chi connectivity index (χ1) is 11.3. The Morgan fingerprint density at radius 1 is 1.30 bits per heavy atom. The zero-order valence-electron chi connectivity index (χ0n) is 12.4. The fraction of sp³-hybridized carbons (Fsp3) is 0.235. The third-order valence-electron chi connectivity index (χ3n) is 3.83. The molecular formula is C17H15N3OS2.